The Balaban J connectivity index is 1.52. The van der Waals surface area contributed by atoms with Crippen LogP contribution >= 0.6 is 27.3 Å². The van der Waals surface area contributed by atoms with Gasteiger partial charge in [-0.1, -0.05) is 28.1 Å². The number of halogens is 1. The highest BCUT2D eigenvalue weighted by molar-refractivity contribution is 9.10. The summed E-state index contributed by atoms with van der Waals surface area (Å²) in [5.41, 5.74) is 6.77. The number of thiophene rings is 1. The van der Waals surface area contributed by atoms with E-state index in [1.54, 1.807) is 11.4 Å². The van der Waals surface area contributed by atoms with Gasteiger partial charge in [-0.2, -0.15) is 0 Å². The molecule has 0 spiro atoms. The van der Waals surface area contributed by atoms with Gasteiger partial charge in [-0.25, -0.2) is 0 Å². The summed E-state index contributed by atoms with van der Waals surface area (Å²) in [6, 6.07) is 9.70. The molecule has 1 saturated heterocycles. The van der Waals surface area contributed by atoms with Crippen molar-refractivity contribution in [3.8, 4) is 0 Å². The fourth-order valence-corrected chi connectivity index (χ4v) is 4.09. The van der Waals surface area contributed by atoms with Gasteiger partial charge in [0.25, 0.3) is 5.91 Å². The van der Waals surface area contributed by atoms with Crippen molar-refractivity contribution in [3.05, 3.63) is 51.3 Å². The van der Waals surface area contributed by atoms with E-state index in [0.29, 0.717) is 30.1 Å². The minimum atomic E-state index is -0.536. The zero-order valence-electron chi connectivity index (χ0n) is 14.1. The average Bonchev–Trinajstić information content (AvgIpc) is 3.08. The zero-order chi connectivity index (χ0) is 18.5. The van der Waals surface area contributed by atoms with Crippen LogP contribution in [0.2, 0.25) is 0 Å². The number of morpholine rings is 1. The van der Waals surface area contributed by atoms with E-state index in [1.807, 2.05) is 18.2 Å². The van der Waals surface area contributed by atoms with Crippen molar-refractivity contribution in [2.45, 2.75) is 12.5 Å². The van der Waals surface area contributed by atoms with Crippen LogP contribution in [0.3, 0.4) is 0 Å². The molecule has 1 unspecified atom stereocenters. The first kappa shape index (κ1) is 19.0. The summed E-state index contributed by atoms with van der Waals surface area (Å²) in [4.78, 5) is 25.7. The van der Waals surface area contributed by atoms with Gasteiger partial charge in [0.2, 0.25) is 5.91 Å². The van der Waals surface area contributed by atoms with E-state index in [1.165, 1.54) is 11.3 Å². The number of benzene rings is 1. The molecule has 1 fully saturated rings. The monoisotopic (exact) mass is 437 g/mol. The number of anilines is 1. The van der Waals surface area contributed by atoms with Crippen molar-refractivity contribution in [2.75, 3.05) is 31.6 Å². The number of nitrogens with one attached hydrogen (secondary N) is 1. The van der Waals surface area contributed by atoms with E-state index in [9.17, 15) is 9.59 Å². The summed E-state index contributed by atoms with van der Waals surface area (Å²) in [5, 5.41) is 5.02. The Morgan fingerprint density at radius 2 is 2.23 bits per heavy atom. The quantitative estimate of drug-likeness (QED) is 0.726. The molecule has 0 bridgehead atoms. The molecule has 3 rings (SSSR count). The average molecular weight is 438 g/mol. The molecule has 2 amide bonds. The number of nitrogens with two attached hydrogens (primary N) is 1. The second kappa shape index (κ2) is 8.77. The molecule has 2 aromatic rings. The van der Waals surface area contributed by atoms with Crippen LogP contribution in [-0.2, 0) is 9.53 Å². The second-order valence-electron chi connectivity index (χ2n) is 6.04. The molecular weight excluding hydrogens is 418 g/mol. The first-order chi connectivity index (χ1) is 12.5. The predicted molar refractivity (Wildman–Crippen MR) is 105 cm³/mol. The molecule has 1 aliphatic rings. The van der Waals surface area contributed by atoms with Gasteiger partial charge in [0.15, 0.2) is 0 Å². The number of hydrogen-bond donors (Lipinski definition) is 2. The van der Waals surface area contributed by atoms with Crippen LogP contribution in [0.15, 0.2) is 40.2 Å². The maximum absolute atomic E-state index is 12.2. The van der Waals surface area contributed by atoms with Crippen molar-refractivity contribution in [1.29, 1.82) is 0 Å². The van der Waals surface area contributed by atoms with Gasteiger partial charge in [-0.15, -0.1) is 11.3 Å². The van der Waals surface area contributed by atoms with Gasteiger partial charge in [-0.3, -0.25) is 14.5 Å². The highest BCUT2D eigenvalue weighted by Crippen LogP contribution is 2.25. The van der Waals surface area contributed by atoms with E-state index in [4.69, 9.17) is 10.5 Å². The molecule has 1 aliphatic heterocycles. The third-order valence-electron chi connectivity index (χ3n) is 4.21. The van der Waals surface area contributed by atoms with Crippen LogP contribution in [0.1, 0.15) is 28.4 Å². The largest absolute Gasteiger partial charge is 0.371 e. The standard InChI is InChI=1S/C18H20BrN3O3S/c19-13-3-1-2-12(10-13)15-11-22(7-8-25-15)6-4-16(23)21-18-14(17(20)24)5-9-26-18/h1-3,5,9-10,15H,4,6-8,11H2,(H2,20,24)(H,21,23). The molecule has 0 saturated carbocycles. The normalized spacial score (nSPS) is 17.8. The molecule has 26 heavy (non-hydrogen) atoms. The lowest BCUT2D eigenvalue weighted by Gasteiger charge is -2.33. The maximum atomic E-state index is 12.2. The number of carbonyl (C=O) groups excluding carboxylic acids is 2. The number of carbonyl (C=O) groups is 2. The van der Waals surface area contributed by atoms with Crippen molar-refractivity contribution < 1.29 is 14.3 Å². The smallest absolute Gasteiger partial charge is 0.251 e. The summed E-state index contributed by atoms with van der Waals surface area (Å²) in [5.74, 6) is -0.660. The van der Waals surface area contributed by atoms with Crippen LogP contribution in [0.5, 0.6) is 0 Å². The number of nitrogens with zero attached hydrogens (tertiary/aromatic N) is 1. The van der Waals surface area contributed by atoms with Crippen molar-refractivity contribution >= 4 is 44.1 Å². The number of primary amides is 1. The Morgan fingerprint density at radius 3 is 3.00 bits per heavy atom. The molecule has 0 aliphatic carbocycles. The van der Waals surface area contributed by atoms with Crippen molar-refractivity contribution in [1.82, 2.24) is 4.90 Å². The number of hydrogen-bond acceptors (Lipinski definition) is 5. The molecule has 138 valence electrons. The Morgan fingerprint density at radius 1 is 1.38 bits per heavy atom. The molecule has 1 aromatic heterocycles. The number of amides is 2. The molecule has 0 radical (unpaired) electrons. The van der Waals surface area contributed by atoms with E-state index >= 15 is 0 Å². The SMILES string of the molecule is NC(=O)c1ccsc1NC(=O)CCN1CCOC(c2cccc(Br)c2)C1. The van der Waals surface area contributed by atoms with Crippen LogP contribution in [-0.4, -0.2) is 43.0 Å². The molecule has 2 heterocycles. The van der Waals surface area contributed by atoms with E-state index in [2.05, 4.69) is 32.2 Å². The van der Waals surface area contributed by atoms with Gasteiger partial charge in [0.05, 0.1) is 18.3 Å². The summed E-state index contributed by atoms with van der Waals surface area (Å²) < 4.78 is 6.89. The molecule has 1 aromatic carbocycles. The molecular formula is C18H20BrN3O3S. The molecule has 8 heteroatoms. The van der Waals surface area contributed by atoms with Gasteiger partial charge in [0.1, 0.15) is 5.00 Å². The van der Waals surface area contributed by atoms with Crippen molar-refractivity contribution in [2.24, 2.45) is 5.73 Å². The minimum absolute atomic E-state index is 0.00284. The van der Waals surface area contributed by atoms with Crippen LogP contribution in [0, 0.1) is 0 Å². The summed E-state index contributed by atoms with van der Waals surface area (Å²) in [6.07, 6.45) is 0.351. The van der Waals surface area contributed by atoms with Gasteiger partial charge >= 0.3 is 0 Å². The van der Waals surface area contributed by atoms with Crippen LogP contribution < -0.4 is 11.1 Å². The Kier molecular flexibility index (Phi) is 6.42. The van der Waals surface area contributed by atoms with Crippen molar-refractivity contribution in [3.63, 3.8) is 0 Å². The summed E-state index contributed by atoms with van der Waals surface area (Å²) in [6.45, 7) is 2.81. The lowest BCUT2D eigenvalue weighted by atomic mass is 10.1. The fourth-order valence-electron chi connectivity index (χ4n) is 2.86. The van der Waals surface area contributed by atoms with Crippen LogP contribution in [0.4, 0.5) is 5.00 Å². The van der Waals surface area contributed by atoms with Gasteiger partial charge in [0, 0.05) is 30.5 Å². The maximum Gasteiger partial charge on any atom is 0.251 e. The third-order valence-corrected chi connectivity index (χ3v) is 5.53. The van der Waals surface area contributed by atoms with E-state index in [0.717, 1.165) is 23.1 Å². The third kappa shape index (κ3) is 4.91. The molecule has 1 atom stereocenters. The lowest BCUT2D eigenvalue weighted by Crippen LogP contribution is -2.39. The molecule has 3 N–H and O–H groups in total. The lowest BCUT2D eigenvalue weighted by molar-refractivity contribution is -0.117. The van der Waals surface area contributed by atoms with E-state index in [-0.39, 0.29) is 12.0 Å². The summed E-state index contributed by atoms with van der Waals surface area (Å²) in [7, 11) is 0. The van der Waals surface area contributed by atoms with Gasteiger partial charge in [-0.05, 0) is 29.1 Å². The van der Waals surface area contributed by atoms with Crippen LogP contribution in [0.25, 0.3) is 0 Å². The number of rotatable bonds is 6. The highest BCUT2D eigenvalue weighted by atomic mass is 79.9. The fraction of sp³-hybridized carbons (Fsp3) is 0.333. The van der Waals surface area contributed by atoms with Gasteiger partial charge < -0.3 is 15.8 Å². The predicted octanol–water partition coefficient (Wildman–Crippen LogP) is 3.01. The second-order valence-corrected chi connectivity index (χ2v) is 7.87. The Bertz CT molecular complexity index is 795. The highest BCUT2D eigenvalue weighted by Gasteiger charge is 2.22. The first-order valence-corrected chi connectivity index (χ1v) is 9.97. The minimum Gasteiger partial charge on any atom is -0.371 e. The number of ether oxygens (including phenoxy) is 1. The van der Waals surface area contributed by atoms with E-state index < -0.39 is 5.91 Å². The topological polar surface area (TPSA) is 84.7 Å². The summed E-state index contributed by atoms with van der Waals surface area (Å²) >= 11 is 4.78. The zero-order valence-corrected chi connectivity index (χ0v) is 16.5. The Labute approximate surface area is 164 Å². The molecule has 6 nitrogen and oxygen atoms in total. The Hall–Kier alpha value is -1.74. The first-order valence-electron chi connectivity index (χ1n) is 8.29.